The highest BCUT2D eigenvalue weighted by atomic mass is 32.2. The maximum Gasteiger partial charge on any atom is 0.262 e. The molecular formula is C18H19N3O3S. The molecule has 0 radical (unpaired) electrons. The van der Waals surface area contributed by atoms with Gasteiger partial charge in [-0.3, -0.25) is 14.2 Å². The SMILES string of the molecule is Cn1cccc1C(=O)CSc1nc2ccccc2c(=O)n1CCCO. The molecule has 0 atom stereocenters. The van der Waals surface area contributed by atoms with Crippen LogP contribution in [-0.4, -0.2) is 37.4 Å². The summed E-state index contributed by atoms with van der Waals surface area (Å²) in [6, 6.07) is 10.8. The van der Waals surface area contributed by atoms with Crippen LogP contribution in [-0.2, 0) is 13.6 Å². The average Bonchev–Trinajstić information content (AvgIpc) is 3.05. The first-order valence-corrected chi connectivity index (χ1v) is 8.98. The minimum Gasteiger partial charge on any atom is -0.396 e. The molecule has 2 heterocycles. The fourth-order valence-electron chi connectivity index (χ4n) is 2.64. The van der Waals surface area contributed by atoms with Crippen molar-refractivity contribution in [3.05, 3.63) is 58.6 Å². The molecule has 1 N–H and O–H groups in total. The Bertz CT molecular complexity index is 962. The predicted octanol–water partition coefficient (Wildman–Crippen LogP) is 2.09. The lowest BCUT2D eigenvalue weighted by atomic mass is 10.2. The summed E-state index contributed by atoms with van der Waals surface area (Å²) in [5.41, 5.74) is 1.09. The second-order valence-electron chi connectivity index (χ2n) is 5.66. The van der Waals surface area contributed by atoms with E-state index in [0.717, 1.165) is 0 Å². The number of hydrogen-bond donors (Lipinski definition) is 1. The van der Waals surface area contributed by atoms with Crippen LogP contribution in [0.2, 0.25) is 0 Å². The number of aliphatic hydroxyl groups is 1. The van der Waals surface area contributed by atoms with Crippen LogP contribution in [0.1, 0.15) is 16.9 Å². The van der Waals surface area contributed by atoms with Gasteiger partial charge in [-0.15, -0.1) is 0 Å². The Labute approximate surface area is 149 Å². The van der Waals surface area contributed by atoms with Crippen molar-refractivity contribution in [2.24, 2.45) is 7.05 Å². The highest BCUT2D eigenvalue weighted by Crippen LogP contribution is 2.19. The summed E-state index contributed by atoms with van der Waals surface area (Å²) in [7, 11) is 1.82. The number of ketones is 1. The number of thioether (sulfide) groups is 1. The van der Waals surface area contributed by atoms with E-state index in [9.17, 15) is 9.59 Å². The zero-order chi connectivity index (χ0) is 17.8. The molecule has 0 aliphatic rings. The first-order valence-electron chi connectivity index (χ1n) is 7.99. The Morgan fingerprint density at radius 1 is 1.24 bits per heavy atom. The number of aliphatic hydroxyl groups excluding tert-OH is 1. The van der Waals surface area contributed by atoms with E-state index >= 15 is 0 Å². The van der Waals surface area contributed by atoms with Gasteiger partial charge in [-0.05, 0) is 30.7 Å². The summed E-state index contributed by atoms with van der Waals surface area (Å²) in [4.78, 5) is 29.6. The molecule has 3 rings (SSSR count). The number of hydrogen-bond acceptors (Lipinski definition) is 5. The number of nitrogens with zero attached hydrogens (tertiary/aromatic N) is 3. The van der Waals surface area contributed by atoms with Gasteiger partial charge in [0.05, 0.1) is 22.3 Å². The fraction of sp³-hybridized carbons (Fsp3) is 0.278. The third-order valence-electron chi connectivity index (χ3n) is 3.93. The van der Waals surface area contributed by atoms with Gasteiger partial charge in [-0.2, -0.15) is 0 Å². The van der Waals surface area contributed by atoms with E-state index in [2.05, 4.69) is 4.98 Å². The molecule has 6 nitrogen and oxygen atoms in total. The summed E-state index contributed by atoms with van der Waals surface area (Å²) < 4.78 is 3.32. The molecule has 130 valence electrons. The van der Waals surface area contributed by atoms with Gasteiger partial charge >= 0.3 is 0 Å². The van der Waals surface area contributed by atoms with Crippen molar-refractivity contribution >= 4 is 28.4 Å². The second-order valence-corrected chi connectivity index (χ2v) is 6.60. The number of para-hydroxylation sites is 1. The van der Waals surface area contributed by atoms with Crippen molar-refractivity contribution in [2.45, 2.75) is 18.1 Å². The maximum atomic E-state index is 12.7. The zero-order valence-electron chi connectivity index (χ0n) is 13.9. The number of aromatic nitrogens is 3. The van der Waals surface area contributed by atoms with Crippen LogP contribution in [0, 0.1) is 0 Å². The van der Waals surface area contributed by atoms with Crippen LogP contribution in [0.5, 0.6) is 0 Å². The van der Waals surface area contributed by atoms with E-state index < -0.39 is 0 Å². The van der Waals surface area contributed by atoms with Crippen molar-refractivity contribution in [3.8, 4) is 0 Å². The minimum atomic E-state index is -0.145. The molecule has 0 aliphatic carbocycles. The fourth-order valence-corrected chi connectivity index (χ4v) is 3.54. The van der Waals surface area contributed by atoms with Crippen molar-refractivity contribution in [2.75, 3.05) is 12.4 Å². The predicted molar refractivity (Wildman–Crippen MR) is 98.2 cm³/mol. The first kappa shape index (κ1) is 17.4. The van der Waals surface area contributed by atoms with Crippen molar-refractivity contribution in [1.82, 2.24) is 14.1 Å². The van der Waals surface area contributed by atoms with Gasteiger partial charge in [-0.1, -0.05) is 23.9 Å². The van der Waals surface area contributed by atoms with E-state index in [-0.39, 0.29) is 23.7 Å². The number of Topliss-reactive ketones (excluding diaryl/α,β-unsaturated/α-hetero) is 1. The summed E-state index contributed by atoms with van der Waals surface area (Å²) in [6.07, 6.45) is 2.28. The van der Waals surface area contributed by atoms with E-state index in [1.165, 1.54) is 11.8 Å². The van der Waals surface area contributed by atoms with Crippen molar-refractivity contribution in [3.63, 3.8) is 0 Å². The van der Waals surface area contributed by atoms with Gasteiger partial charge in [0, 0.05) is 26.4 Å². The Morgan fingerprint density at radius 2 is 2.04 bits per heavy atom. The summed E-state index contributed by atoms with van der Waals surface area (Å²) in [5, 5.41) is 10.1. The van der Waals surface area contributed by atoms with Gasteiger partial charge < -0.3 is 9.67 Å². The summed E-state index contributed by atoms with van der Waals surface area (Å²) in [5.74, 6) is 0.176. The molecular weight excluding hydrogens is 338 g/mol. The highest BCUT2D eigenvalue weighted by molar-refractivity contribution is 7.99. The van der Waals surface area contributed by atoms with Gasteiger partial charge in [0.2, 0.25) is 0 Å². The van der Waals surface area contributed by atoms with Gasteiger partial charge in [0.1, 0.15) is 0 Å². The Kier molecular flexibility index (Phi) is 5.35. The lowest BCUT2D eigenvalue weighted by Gasteiger charge is -2.12. The number of carbonyl (C=O) groups is 1. The summed E-state index contributed by atoms with van der Waals surface area (Å²) >= 11 is 1.25. The molecule has 0 spiro atoms. The highest BCUT2D eigenvalue weighted by Gasteiger charge is 2.15. The molecule has 25 heavy (non-hydrogen) atoms. The first-order chi connectivity index (χ1) is 12.1. The molecule has 0 aliphatic heterocycles. The lowest BCUT2D eigenvalue weighted by molar-refractivity contribution is 0.101. The molecule has 7 heteroatoms. The molecule has 0 unspecified atom stereocenters. The van der Waals surface area contributed by atoms with Crippen LogP contribution in [0.3, 0.4) is 0 Å². The molecule has 2 aromatic heterocycles. The molecule has 0 fully saturated rings. The molecule has 0 saturated carbocycles. The monoisotopic (exact) mass is 357 g/mol. The molecule has 1 aromatic carbocycles. The van der Waals surface area contributed by atoms with E-state index in [0.29, 0.717) is 34.7 Å². The van der Waals surface area contributed by atoms with Crippen LogP contribution >= 0.6 is 11.8 Å². The van der Waals surface area contributed by atoms with Gasteiger partial charge in [0.15, 0.2) is 10.9 Å². The third-order valence-corrected chi connectivity index (χ3v) is 4.90. The van der Waals surface area contributed by atoms with Gasteiger partial charge in [0.25, 0.3) is 5.56 Å². The molecule has 0 saturated heterocycles. The smallest absolute Gasteiger partial charge is 0.262 e. The number of aryl methyl sites for hydroxylation is 1. The van der Waals surface area contributed by atoms with Crippen molar-refractivity contribution in [1.29, 1.82) is 0 Å². The zero-order valence-corrected chi connectivity index (χ0v) is 14.7. The number of carbonyl (C=O) groups excluding carboxylic acids is 1. The van der Waals surface area contributed by atoms with Crippen molar-refractivity contribution < 1.29 is 9.90 Å². The topological polar surface area (TPSA) is 77.1 Å². The average molecular weight is 357 g/mol. The van der Waals surface area contributed by atoms with Crippen LogP contribution < -0.4 is 5.56 Å². The lowest BCUT2D eigenvalue weighted by Crippen LogP contribution is -2.24. The second kappa shape index (κ2) is 7.67. The minimum absolute atomic E-state index is 0.00828. The largest absolute Gasteiger partial charge is 0.396 e. The Hall–Kier alpha value is -2.38. The van der Waals surface area contributed by atoms with E-state index in [4.69, 9.17) is 5.11 Å². The molecule has 3 aromatic rings. The number of fused-ring (bicyclic) bond motifs is 1. The number of rotatable bonds is 7. The maximum absolute atomic E-state index is 12.7. The Balaban J connectivity index is 1.92. The Morgan fingerprint density at radius 3 is 2.76 bits per heavy atom. The van der Waals surface area contributed by atoms with Crippen LogP contribution in [0.25, 0.3) is 10.9 Å². The van der Waals surface area contributed by atoms with Gasteiger partial charge in [-0.25, -0.2) is 4.98 Å². The van der Waals surface area contributed by atoms with E-state index in [1.54, 1.807) is 33.4 Å². The summed E-state index contributed by atoms with van der Waals surface area (Å²) in [6.45, 7) is 0.361. The van der Waals surface area contributed by atoms with E-state index in [1.807, 2.05) is 25.4 Å². The normalized spacial score (nSPS) is 11.1. The third kappa shape index (κ3) is 3.67. The standard InChI is InChI=1S/C18H19N3O3S/c1-20-9-4-8-15(20)16(23)12-25-18-19-14-7-3-2-6-13(14)17(24)21(18)10-5-11-22/h2-4,6-9,22H,5,10-12H2,1H3. The van der Waals surface area contributed by atoms with Crippen LogP contribution in [0.15, 0.2) is 52.5 Å². The number of benzene rings is 1. The quantitative estimate of drug-likeness (QED) is 0.398. The van der Waals surface area contributed by atoms with Crippen LogP contribution in [0.4, 0.5) is 0 Å². The molecule has 0 amide bonds. The molecule has 0 bridgehead atoms.